The molecule has 0 aromatic heterocycles. The lowest BCUT2D eigenvalue weighted by Gasteiger charge is -2.44. The summed E-state index contributed by atoms with van der Waals surface area (Å²) in [7, 11) is 4.92. The highest BCUT2D eigenvalue weighted by molar-refractivity contribution is 5.60. The Balaban J connectivity index is 1.64. The lowest BCUT2D eigenvalue weighted by atomic mass is 9.77. The average molecular weight is 442 g/mol. The normalized spacial score (nSPS) is 24.4. The van der Waals surface area contributed by atoms with Gasteiger partial charge in [0.05, 0.1) is 21.3 Å². The molecule has 7 heteroatoms. The van der Waals surface area contributed by atoms with E-state index in [1.807, 2.05) is 6.07 Å². The van der Waals surface area contributed by atoms with Crippen LogP contribution < -0.4 is 28.4 Å². The van der Waals surface area contributed by atoms with Crippen LogP contribution in [0.15, 0.2) is 24.3 Å². The van der Waals surface area contributed by atoms with E-state index in [0.717, 1.165) is 41.5 Å². The van der Waals surface area contributed by atoms with Gasteiger partial charge in [0.15, 0.2) is 29.2 Å². The van der Waals surface area contributed by atoms with Gasteiger partial charge in [-0.3, -0.25) is 4.90 Å². The summed E-state index contributed by atoms with van der Waals surface area (Å²) < 4.78 is 34.8. The van der Waals surface area contributed by atoms with Crippen LogP contribution in [0.2, 0.25) is 0 Å². The number of piperidine rings is 1. The topological polar surface area (TPSA) is 58.6 Å². The molecular formula is C25H31NO6. The van der Waals surface area contributed by atoms with Crippen LogP contribution in [0.4, 0.5) is 0 Å². The molecule has 3 atom stereocenters. The molecule has 1 fully saturated rings. The van der Waals surface area contributed by atoms with Crippen molar-refractivity contribution in [3.05, 3.63) is 35.4 Å². The second kappa shape index (κ2) is 8.62. The quantitative estimate of drug-likeness (QED) is 0.681. The van der Waals surface area contributed by atoms with Gasteiger partial charge in [-0.05, 0) is 36.6 Å². The van der Waals surface area contributed by atoms with Crippen molar-refractivity contribution in [2.75, 3.05) is 41.2 Å². The molecule has 0 aliphatic carbocycles. The first-order valence-corrected chi connectivity index (χ1v) is 11.3. The van der Waals surface area contributed by atoms with E-state index in [0.29, 0.717) is 17.2 Å². The third kappa shape index (κ3) is 3.48. The first kappa shape index (κ1) is 21.1. The molecule has 172 valence electrons. The van der Waals surface area contributed by atoms with Gasteiger partial charge < -0.3 is 28.4 Å². The van der Waals surface area contributed by atoms with Gasteiger partial charge in [0, 0.05) is 36.6 Å². The van der Waals surface area contributed by atoms with Crippen molar-refractivity contribution < 1.29 is 28.4 Å². The maximum atomic E-state index is 6.62. The summed E-state index contributed by atoms with van der Waals surface area (Å²) in [5, 5.41) is 0. The molecule has 2 aromatic carbocycles. The van der Waals surface area contributed by atoms with Gasteiger partial charge in [-0.25, -0.2) is 0 Å². The zero-order chi connectivity index (χ0) is 22.2. The SMILES string of the molecule is COc1cc([C@H]2c3cc4c(cc3O[C@H](N3CCCCC3)[C@H]2C)OCO4)cc(OC)c1OC. The highest BCUT2D eigenvalue weighted by atomic mass is 16.7. The Bertz CT molecular complexity index is 962. The third-order valence-corrected chi connectivity index (χ3v) is 6.86. The minimum atomic E-state index is -0.0211. The smallest absolute Gasteiger partial charge is 0.231 e. The van der Waals surface area contributed by atoms with Crippen LogP contribution in [0.3, 0.4) is 0 Å². The Hall–Kier alpha value is -2.80. The molecule has 3 heterocycles. The van der Waals surface area contributed by atoms with E-state index in [-0.39, 0.29) is 24.9 Å². The minimum Gasteiger partial charge on any atom is -0.493 e. The van der Waals surface area contributed by atoms with Crippen LogP contribution >= 0.6 is 0 Å². The molecule has 1 saturated heterocycles. The molecule has 32 heavy (non-hydrogen) atoms. The fourth-order valence-corrected chi connectivity index (χ4v) is 5.31. The van der Waals surface area contributed by atoms with Crippen LogP contribution in [-0.2, 0) is 0 Å². The van der Waals surface area contributed by atoms with E-state index >= 15 is 0 Å². The largest absolute Gasteiger partial charge is 0.493 e. The summed E-state index contributed by atoms with van der Waals surface area (Å²) in [6.45, 7) is 4.60. The number of benzene rings is 2. The van der Waals surface area contributed by atoms with E-state index < -0.39 is 0 Å². The van der Waals surface area contributed by atoms with Gasteiger partial charge in [0.2, 0.25) is 12.5 Å². The molecular weight excluding hydrogens is 410 g/mol. The highest BCUT2D eigenvalue weighted by Gasteiger charge is 2.41. The number of likely N-dealkylation sites (tertiary alicyclic amines) is 1. The maximum absolute atomic E-state index is 6.62. The molecule has 0 bridgehead atoms. The molecule has 0 amide bonds. The minimum absolute atomic E-state index is 0.0211. The number of rotatable bonds is 5. The van der Waals surface area contributed by atoms with Gasteiger partial charge in [-0.1, -0.05) is 13.3 Å². The predicted octanol–water partition coefficient (Wildman–Crippen LogP) is 4.41. The molecule has 0 spiro atoms. The zero-order valence-electron chi connectivity index (χ0n) is 19.2. The van der Waals surface area contributed by atoms with Crippen LogP contribution in [0.5, 0.6) is 34.5 Å². The molecule has 0 radical (unpaired) electrons. The number of hydrogen-bond donors (Lipinski definition) is 0. The molecule has 7 nitrogen and oxygen atoms in total. The van der Waals surface area contributed by atoms with Crippen LogP contribution in [0.25, 0.3) is 0 Å². The Morgan fingerprint density at radius 1 is 0.812 bits per heavy atom. The Labute approximate surface area is 189 Å². The van der Waals surface area contributed by atoms with E-state index in [9.17, 15) is 0 Å². The van der Waals surface area contributed by atoms with Crippen molar-refractivity contribution in [2.45, 2.75) is 38.3 Å². The van der Waals surface area contributed by atoms with Crippen LogP contribution in [0, 0.1) is 5.92 Å². The fourth-order valence-electron chi connectivity index (χ4n) is 5.31. The van der Waals surface area contributed by atoms with Crippen molar-refractivity contribution in [3.63, 3.8) is 0 Å². The Morgan fingerprint density at radius 3 is 2.09 bits per heavy atom. The van der Waals surface area contributed by atoms with Crippen LogP contribution in [0.1, 0.15) is 43.2 Å². The summed E-state index contributed by atoms with van der Waals surface area (Å²) in [4.78, 5) is 2.48. The van der Waals surface area contributed by atoms with Gasteiger partial charge in [0.25, 0.3) is 0 Å². The van der Waals surface area contributed by atoms with E-state index in [1.54, 1.807) is 21.3 Å². The number of hydrogen-bond acceptors (Lipinski definition) is 7. The summed E-state index contributed by atoms with van der Waals surface area (Å²) in [6, 6.07) is 8.14. The molecule has 0 saturated carbocycles. The Kier molecular flexibility index (Phi) is 5.67. The monoisotopic (exact) mass is 441 g/mol. The van der Waals surface area contributed by atoms with Gasteiger partial charge >= 0.3 is 0 Å². The molecule has 3 aliphatic heterocycles. The highest BCUT2D eigenvalue weighted by Crippen LogP contribution is 2.52. The number of ether oxygens (including phenoxy) is 6. The average Bonchev–Trinajstić information content (AvgIpc) is 3.29. The van der Waals surface area contributed by atoms with Crippen molar-refractivity contribution in [1.82, 2.24) is 4.90 Å². The second-order valence-electron chi connectivity index (χ2n) is 8.64. The van der Waals surface area contributed by atoms with E-state index in [2.05, 4.69) is 30.0 Å². The van der Waals surface area contributed by atoms with Gasteiger partial charge in [0.1, 0.15) is 5.75 Å². The summed E-state index contributed by atoms with van der Waals surface area (Å²) >= 11 is 0. The first-order chi connectivity index (χ1) is 15.6. The van der Waals surface area contributed by atoms with Crippen molar-refractivity contribution in [3.8, 4) is 34.5 Å². The fraction of sp³-hybridized carbons (Fsp3) is 0.520. The predicted molar refractivity (Wildman–Crippen MR) is 120 cm³/mol. The van der Waals surface area contributed by atoms with Crippen LogP contribution in [-0.4, -0.2) is 52.3 Å². The number of methoxy groups -OCH3 is 3. The lowest BCUT2D eigenvalue weighted by molar-refractivity contribution is -0.0403. The standard InChI is InChI=1S/C25H31NO6/c1-15-23(16-10-21(27-2)24(29-4)22(11-16)28-3)17-12-19-20(31-14-30-19)13-18(17)32-25(15)26-8-6-5-7-9-26/h10-13,15,23,25H,5-9,14H2,1-4H3/t15-,23-,25-/m0/s1. The molecule has 5 rings (SSSR count). The lowest BCUT2D eigenvalue weighted by Crippen LogP contribution is -2.50. The van der Waals surface area contributed by atoms with Gasteiger partial charge in [-0.2, -0.15) is 0 Å². The summed E-state index contributed by atoms with van der Waals surface area (Å²) in [5.41, 5.74) is 2.18. The van der Waals surface area contributed by atoms with Gasteiger partial charge in [-0.15, -0.1) is 0 Å². The third-order valence-electron chi connectivity index (χ3n) is 6.86. The maximum Gasteiger partial charge on any atom is 0.231 e. The van der Waals surface area contributed by atoms with Crippen molar-refractivity contribution in [1.29, 1.82) is 0 Å². The molecule has 3 aliphatic rings. The second-order valence-corrected chi connectivity index (χ2v) is 8.64. The zero-order valence-corrected chi connectivity index (χ0v) is 19.2. The summed E-state index contributed by atoms with van der Waals surface area (Å²) in [6.07, 6.45) is 3.67. The summed E-state index contributed by atoms with van der Waals surface area (Å²) in [5.74, 6) is 4.50. The number of nitrogens with zero attached hydrogens (tertiary/aromatic N) is 1. The first-order valence-electron chi connectivity index (χ1n) is 11.3. The molecule has 0 N–H and O–H groups in total. The van der Waals surface area contributed by atoms with E-state index in [4.69, 9.17) is 28.4 Å². The number of fused-ring (bicyclic) bond motifs is 2. The van der Waals surface area contributed by atoms with Crippen molar-refractivity contribution in [2.24, 2.45) is 5.92 Å². The molecule has 0 unspecified atom stereocenters. The van der Waals surface area contributed by atoms with Crippen molar-refractivity contribution >= 4 is 0 Å². The van der Waals surface area contributed by atoms with E-state index in [1.165, 1.54) is 19.3 Å². The molecule has 2 aromatic rings. The Morgan fingerprint density at radius 2 is 1.47 bits per heavy atom.